The van der Waals surface area contributed by atoms with Crippen molar-refractivity contribution in [3.05, 3.63) is 23.8 Å². The first-order valence-electron chi connectivity index (χ1n) is 6.88. The van der Waals surface area contributed by atoms with Gasteiger partial charge in [0.05, 0.1) is 11.0 Å². The van der Waals surface area contributed by atoms with Crippen molar-refractivity contribution in [2.24, 2.45) is 5.92 Å². The van der Waals surface area contributed by atoms with Gasteiger partial charge in [-0.15, -0.1) is 0 Å². The molecule has 0 aliphatic heterocycles. The van der Waals surface area contributed by atoms with Crippen molar-refractivity contribution in [1.29, 1.82) is 0 Å². The van der Waals surface area contributed by atoms with Crippen LogP contribution in [0, 0.1) is 12.8 Å². The van der Waals surface area contributed by atoms with E-state index >= 15 is 0 Å². The minimum Gasteiger partial charge on any atom is -0.381 e. The molecule has 1 aromatic carbocycles. The van der Waals surface area contributed by atoms with Crippen LogP contribution in [0.1, 0.15) is 25.8 Å². The van der Waals surface area contributed by atoms with Crippen LogP contribution in [0.25, 0.3) is 11.0 Å². The summed E-state index contributed by atoms with van der Waals surface area (Å²) in [5, 5.41) is 0. The smallest absolute Gasteiger partial charge is 0.201 e. The highest BCUT2D eigenvalue weighted by molar-refractivity contribution is 5.81. The second-order valence-electron chi connectivity index (χ2n) is 5.39. The number of aryl methyl sites for hydroxylation is 2. The highest BCUT2D eigenvalue weighted by Crippen LogP contribution is 2.21. The Morgan fingerprint density at radius 1 is 1.37 bits per heavy atom. The predicted molar refractivity (Wildman–Crippen MR) is 79.2 cm³/mol. The third-order valence-electron chi connectivity index (χ3n) is 3.13. The highest BCUT2D eigenvalue weighted by atomic mass is 16.5. The molecular weight excluding hydrogens is 238 g/mol. The number of nitrogens with two attached hydrogens (primary N) is 1. The van der Waals surface area contributed by atoms with Gasteiger partial charge in [0.1, 0.15) is 0 Å². The molecule has 2 aromatic rings. The lowest BCUT2D eigenvalue weighted by Gasteiger charge is -2.09. The van der Waals surface area contributed by atoms with Crippen molar-refractivity contribution >= 4 is 17.0 Å². The number of aromatic nitrogens is 2. The molecule has 0 radical (unpaired) electrons. The zero-order chi connectivity index (χ0) is 13.8. The van der Waals surface area contributed by atoms with E-state index in [2.05, 4.69) is 42.5 Å². The third kappa shape index (κ3) is 3.26. The summed E-state index contributed by atoms with van der Waals surface area (Å²) < 4.78 is 7.66. The quantitative estimate of drug-likeness (QED) is 0.813. The SMILES string of the molecule is Cc1cccc2c1nc(N)n2CCCOCC(C)C. The summed E-state index contributed by atoms with van der Waals surface area (Å²) in [5.74, 6) is 1.18. The van der Waals surface area contributed by atoms with Gasteiger partial charge in [-0.3, -0.25) is 0 Å². The van der Waals surface area contributed by atoms with Crippen LogP contribution < -0.4 is 5.73 Å². The van der Waals surface area contributed by atoms with Gasteiger partial charge >= 0.3 is 0 Å². The van der Waals surface area contributed by atoms with Gasteiger partial charge in [-0.2, -0.15) is 0 Å². The summed E-state index contributed by atoms with van der Waals surface area (Å²) in [7, 11) is 0. The van der Waals surface area contributed by atoms with E-state index in [4.69, 9.17) is 10.5 Å². The molecule has 0 bridgehead atoms. The van der Waals surface area contributed by atoms with Gasteiger partial charge in [-0.05, 0) is 30.9 Å². The Bertz CT molecular complexity index is 546. The van der Waals surface area contributed by atoms with Crippen molar-refractivity contribution < 1.29 is 4.74 Å². The normalized spacial score (nSPS) is 11.6. The summed E-state index contributed by atoms with van der Waals surface area (Å²) in [6.07, 6.45) is 0.955. The van der Waals surface area contributed by atoms with E-state index in [1.165, 1.54) is 5.56 Å². The van der Waals surface area contributed by atoms with E-state index in [9.17, 15) is 0 Å². The van der Waals surface area contributed by atoms with E-state index in [1.807, 2.05) is 6.07 Å². The average molecular weight is 261 g/mol. The van der Waals surface area contributed by atoms with E-state index in [0.717, 1.165) is 37.2 Å². The lowest BCUT2D eigenvalue weighted by Crippen LogP contribution is -2.08. The van der Waals surface area contributed by atoms with Gasteiger partial charge in [0.2, 0.25) is 5.95 Å². The van der Waals surface area contributed by atoms with E-state index < -0.39 is 0 Å². The number of benzene rings is 1. The van der Waals surface area contributed by atoms with Gasteiger partial charge in [0, 0.05) is 19.8 Å². The number of para-hydroxylation sites is 1. The first-order valence-corrected chi connectivity index (χ1v) is 6.88. The summed E-state index contributed by atoms with van der Waals surface area (Å²) in [5.41, 5.74) is 9.28. The monoisotopic (exact) mass is 261 g/mol. The van der Waals surface area contributed by atoms with Crippen LogP contribution in [0.3, 0.4) is 0 Å². The number of nitrogens with zero attached hydrogens (tertiary/aromatic N) is 2. The summed E-state index contributed by atoms with van der Waals surface area (Å²) in [4.78, 5) is 4.44. The number of rotatable bonds is 6. The zero-order valence-electron chi connectivity index (χ0n) is 12.0. The number of ether oxygens (including phenoxy) is 1. The Balaban J connectivity index is 2.01. The van der Waals surface area contributed by atoms with Crippen molar-refractivity contribution in [2.45, 2.75) is 33.7 Å². The van der Waals surface area contributed by atoms with Crippen LogP contribution in [0.15, 0.2) is 18.2 Å². The molecule has 0 spiro atoms. The third-order valence-corrected chi connectivity index (χ3v) is 3.13. The Hall–Kier alpha value is -1.55. The largest absolute Gasteiger partial charge is 0.381 e. The Morgan fingerprint density at radius 2 is 2.16 bits per heavy atom. The molecule has 2 N–H and O–H groups in total. The van der Waals surface area contributed by atoms with Crippen LogP contribution in [-0.4, -0.2) is 22.8 Å². The van der Waals surface area contributed by atoms with Gasteiger partial charge in [0.15, 0.2) is 0 Å². The molecule has 1 heterocycles. The molecule has 104 valence electrons. The van der Waals surface area contributed by atoms with Gasteiger partial charge < -0.3 is 15.0 Å². The maximum absolute atomic E-state index is 6.00. The first kappa shape index (κ1) is 13.9. The maximum Gasteiger partial charge on any atom is 0.201 e. The second kappa shape index (κ2) is 6.06. The predicted octanol–water partition coefficient (Wildman–Crippen LogP) is 2.99. The van der Waals surface area contributed by atoms with Crippen LogP contribution in [0.4, 0.5) is 5.95 Å². The lowest BCUT2D eigenvalue weighted by molar-refractivity contribution is 0.105. The fraction of sp³-hybridized carbons (Fsp3) is 0.533. The molecule has 4 nitrogen and oxygen atoms in total. The fourth-order valence-corrected chi connectivity index (χ4v) is 2.18. The first-order chi connectivity index (χ1) is 9.09. The molecule has 0 unspecified atom stereocenters. The minimum atomic E-state index is 0.585. The van der Waals surface area contributed by atoms with Crippen molar-refractivity contribution in [3.63, 3.8) is 0 Å². The van der Waals surface area contributed by atoms with E-state index in [-0.39, 0.29) is 0 Å². The topological polar surface area (TPSA) is 53.1 Å². The zero-order valence-corrected chi connectivity index (χ0v) is 12.0. The molecule has 4 heteroatoms. The molecule has 2 rings (SSSR count). The van der Waals surface area contributed by atoms with Crippen molar-refractivity contribution in [1.82, 2.24) is 9.55 Å². The Morgan fingerprint density at radius 3 is 2.89 bits per heavy atom. The van der Waals surface area contributed by atoms with Crippen LogP contribution in [0.5, 0.6) is 0 Å². The molecule has 0 aliphatic rings. The highest BCUT2D eigenvalue weighted by Gasteiger charge is 2.09. The van der Waals surface area contributed by atoms with E-state index in [0.29, 0.717) is 11.9 Å². The van der Waals surface area contributed by atoms with Gasteiger partial charge in [0.25, 0.3) is 0 Å². The average Bonchev–Trinajstić information content (AvgIpc) is 2.67. The van der Waals surface area contributed by atoms with Gasteiger partial charge in [-0.1, -0.05) is 26.0 Å². The molecular formula is C15H23N3O. The minimum absolute atomic E-state index is 0.585. The van der Waals surface area contributed by atoms with Crippen molar-refractivity contribution in [2.75, 3.05) is 18.9 Å². The second-order valence-corrected chi connectivity index (χ2v) is 5.39. The number of fused-ring (bicyclic) bond motifs is 1. The molecule has 0 saturated heterocycles. The lowest BCUT2D eigenvalue weighted by atomic mass is 10.2. The summed E-state index contributed by atoms with van der Waals surface area (Å²) in [6.45, 7) is 8.81. The number of nitrogen functional groups attached to an aromatic ring is 1. The number of hydrogen-bond acceptors (Lipinski definition) is 3. The van der Waals surface area contributed by atoms with E-state index in [1.54, 1.807) is 0 Å². The fourth-order valence-electron chi connectivity index (χ4n) is 2.18. The van der Waals surface area contributed by atoms with Crippen molar-refractivity contribution in [3.8, 4) is 0 Å². The maximum atomic E-state index is 6.00. The molecule has 0 amide bonds. The molecule has 19 heavy (non-hydrogen) atoms. The van der Waals surface area contributed by atoms with Crippen LogP contribution >= 0.6 is 0 Å². The summed E-state index contributed by atoms with van der Waals surface area (Å²) in [6, 6.07) is 6.18. The Kier molecular flexibility index (Phi) is 4.43. The standard InChI is InChI=1S/C15H23N3O/c1-11(2)10-19-9-5-8-18-13-7-4-6-12(3)14(13)17-15(18)16/h4,6-7,11H,5,8-10H2,1-3H3,(H2,16,17). The summed E-state index contributed by atoms with van der Waals surface area (Å²) >= 11 is 0. The van der Waals surface area contributed by atoms with Crippen LogP contribution in [0.2, 0.25) is 0 Å². The number of imidazole rings is 1. The van der Waals surface area contributed by atoms with Gasteiger partial charge in [-0.25, -0.2) is 4.98 Å². The molecule has 1 aromatic heterocycles. The molecule has 0 atom stereocenters. The molecule has 0 aliphatic carbocycles. The number of anilines is 1. The Labute approximate surface area is 114 Å². The van der Waals surface area contributed by atoms with Crippen LogP contribution in [-0.2, 0) is 11.3 Å². The molecule has 0 saturated carbocycles. The molecule has 0 fully saturated rings. The number of hydrogen-bond donors (Lipinski definition) is 1.